The fourth-order valence-electron chi connectivity index (χ4n) is 0.969. The summed E-state index contributed by atoms with van der Waals surface area (Å²) in [6.45, 7) is 0. The number of aromatic nitrogens is 2. The summed E-state index contributed by atoms with van der Waals surface area (Å²) in [5, 5.41) is 0.589. The van der Waals surface area contributed by atoms with E-state index >= 15 is 0 Å². The Labute approximate surface area is 77.6 Å². The van der Waals surface area contributed by atoms with Gasteiger partial charge in [-0.05, 0) is 0 Å². The molecule has 0 amide bonds. The van der Waals surface area contributed by atoms with Gasteiger partial charge in [-0.1, -0.05) is 0 Å². The number of para-hydroxylation sites is 2. The van der Waals surface area contributed by atoms with Crippen LogP contribution in [0.25, 0.3) is 11.0 Å². The van der Waals surface area contributed by atoms with Crippen molar-refractivity contribution in [3.05, 3.63) is 24.3 Å². The first-order chi connectivity index (χ1) is 5.29. The number of thiol groups is 1. The molecule has 0 spiro atoms. The first-order valence-electron chi connectivity index (χ1n) is 3.09. The van der Waals surface area contributed by atoms with Gasteiger partial charge in [0.2, 0.25) is 0 Å². The van der Waals surface area contributed by atoms with E-state index in [9.17, 15) is 0 Å². The molecular weight excluding hydrogens is 203 g/mol. The van der Waals surface area contributed by atoms with Crippen LogP contribution in [-0.2, 0) is 15.7 Å². The molecule has 0 radical (unpaired) electrons. The quantitative estimate of drug-likeness (QED) is 0.514. The Morgan fingerprint density at radius 1 is 1.36 bits per heavy atom. The minimum absolute atomic E-state index is 0.589. The van der Waals surface area contributed by atoms with Gasteiger partial charge in [0.1, 0.15) is 0 Å². The molecule has 0 aliphatic rings. The summed E-state index contributed by atoms with van der Waals surface area (Å²) in [6.07, 6.45) is 0. The van der Waals surface area contributed by atoms with Crippen LogP contribution in [0.2, 0.25) is 0 Å². The molecular formula is C7H5N2NiS. The van der Waals surface area contributed by atoms with Crippen LogP contribution in [0.3, 0.4) is 0 Å². The van der Waals surface area contributed by atoms with Gasteiger partial charge in [-0.2, -0.15) is 0 Å². The van der Waals surface area contributed by atoms with Crippen LogP contribution < -0.4 is 0 Å². The number of hydrogen-bond donors (Lipinski definition) is 1. The topological polar surface area (TPSA) is 17.8 Å². The van der Waals surface area contributed by atoms with Gasteiger partial charge in [0, 0.05) is 0 Å². The van der Waals surface area contributed by atoms with Crippen molar-refractivity contribution in [2.24, 2.45) is 0 Å². The molecule has 0 N–H and O–H groups in total. The van der Waals surface area contributed by atoms with Crippen LogP contribution in [0, 0.1) is 0 Å². The van der Waals surface area contributed by atoms with Gasteiger partial charge in [-0.15, -0.1) is 0 Å². The summed E-state index contributed by atoms with van der Waals surface area (Å²) in [5.74, 6) is 0. The van der Waals surface area contributed by atoms with E-state index in [0.29, 0.717) is 5.16 Å². The Balaban J connectivity index is 2.92. The van der Waals surface area contributed by atoms with Crippen molar-refractivity contribution in [3.63, 3.8) is 0 Å². The van der Waals surface area contributed by atoms with E-state index in [1.54, 1.807) is 3.65 Å². The first kappa shape index (κ1) is 7.20. The van der Waals surface area contributed by atoms with Crippen LogP contribution in [0.4, 0.5) is 0 Å². The average Bonchev–Trinajstić information content (AvgIpc) is 2.30. The molecule has 1 aromatic carbocycles. The van der Waals surface area contributed by atoms with Crippen molar-refractivity contribution < 1.29 is 15.7 Å². The molecule has 2 nitrogen and oxygen atoms in total. The van der Waals surface area contributed by atoms with E-state index in [1.165, 1.54) is 0 Å². The van der Waals surface area contributed by atoms with Gasteiger partial charge < -0.3 is 0 Å². The molecule has 1 heterocycles. The SMILES string of the molecule is Sc1nc2ccccc2[n]1[Ni]. The van der Waals surface area contributed by atoms with E-state index in [4.69, 9.17) is 15.7 Å². The molecule has 0 atom stereocenters. The van der Waals surface area contributed by atoms with Gasteiger partial charge >= 0.3 is 77.4 Å². The Bertz CT molecular complexity index is 396. The molecule has 11 heavy (non-hydrogen) atoms. The van der Waals surface area contributed by atoms with E-state index < -0.39 is 0 Å². The summed E-state index contributed by atoms with van der Waals surface area (Å²) < 4.78 is 1.58. The molecule has 0 bridgehead atoms. The fourth-order valence-corrected chi connectivity index (χ4v) is 1.42. The van der Waals surface area contributed by atoms with Crippen molar-refractivity contribution in [1.29, 1.82) is 0 Å². The van der Waals surface area contributed by atoms with E-state index in [2.05, 4.69) is 17.6 Å². The van der Waals surface area contributed by atoms with Crippen molar-refractivity contribution >= 4 is 23.7 Å². The summed E-state index contributed by atoms with van der Waals surface area (Å²) in [4.78, 5) is 4.15. The second kappa shape index (κ2) is 2.54. The second-order valence-corrected chi connectivity index (χ2v) is 3.00. The number of nitrogens with zero attached hydrogens (tertiary/aromatic N) is 2. The molecule has 0 unspecified atom stereocenters. The molecule has 2 aromatic rings. The van der Waals surface area contributed by atoms with Gasteiger partial charge in [-0.25, -0.2) is 0 Å². The van der Waals surface area contributed by atoms with Crippen LogP contribution in [0.5, 0.6) is 0 Å². The van der Waals surface area contributed by atoms with Crippen molar-refractivity contribution in [2.75, 3.05) is 0 Å². The second-order valence-electron chi connectivity index (χ2n) is 2.15. The van der Waals surface area contributed by atoms with Gasteiger partial charge in [0.15, 0.2) is 0 Å². The van der Waals surface area contributed by atoms with Crippen LogP contribution in [0.15, 0.2) is 29.4 Å². The summed E-state index contributed by atoms with van der Waals surface area (Å²) in [6, 6.07) is 7.73. The normalized spacial score (nSPS) is 10.8. The molecule has 2 rings (SSSR count). The number of fused-ring (bicyclic) bond motifs is 1. The average molecular weight is 208 g/mol. The first-order valence-corrected chi connectivity index (χ1v) is 3.98. The standard InChI is InChI=1S/C7H5N2S.Ni/c10-7-8-5-3-1-2-4-6(5)9-7;/h1-4H,(H-,8,9,10);/q-1;+1. The third-order valence-corrected chi connectivity index (χ3v) is 2.36. The molecule has 0 aliphatic carbocycles. The Morgan fingerprint density at radius 3 is 2.82 bits per heavy atom. The zero-order valence-electron chi connectivity index (χ0n) is 5.47. The number of imidazole rings is 1. The molecule has 0 saturated heterocycles. The number of benzene rings is 1. The van der Waals surface area contributed by atoms with Crippen molar-refractivity contribution in [2.45, 2.75) is 5.16 Å². The summed E-state index contributed by atoms with van der Waals surface area (Å²) >= 11 is 8.82. The van der Waals surface area contributed by atoms with Crippen molar-refractivity contribution in [1.82, 2.24) is 8.63 Å². The predicted molar refractivity (Wildman–Crippen MR) is 42.4 cm³/mol. The minimum atomic E-state index is 0.589. The summed E-state index contributed by atoms with van der Waals surface area (Å²) in [5.41, 5.74) is 1.86. The third-order valence-electron chi connectivity index (χ3n) is 1.46. The maximum atomic E-state index is 4.70. The Hall–Kier alpha value is -0.466. The maximum absolute atomic E-state index is 4.70. The molecule has 0 aliphatic heterocycles. The predicted octanol–water partition coefficient (Wildman–Crippen LogP) is 1.63. The van der Waals surface area contributed by atoms with Gasteiger partial charge in [0.05, 0.1) is 0 Å². The zero-order valence-corrected chi connectivity index (χ0v) is 7.35. The van der Waals surface area contributed by atoms with Crippen molar-refractivity contribution in [3.8, 4) is 0 Å². The van der Waals surface area contributed by atoms with Gasteiger partial charge in [-0.3, -0.25) is 0 Å². The third kappa shape index (κ3) is 1.07. The summed E-state index contributed by atoms with van der Waals surface area (Å²) in [7, 11) is 0. The monoisotopic (exact) mass is 207 g/mol. The number of rotatable bonds is 0. The molecule has 0 saturated carbocycles. The Morgan fingerprint density at radius 2 is 2.09 bits per heavy atom. The van der Waals surface area contributed by atoms with Gasteiger partial charge in [0.25, 0.3) is 0 Å². The van der Waals surface area contributed by atoms with E-state index in [1.807, 2.05) is 24.3 Å². The molecule has 1 aromatic heterocycles. The molecule has 0 fully saturated rings. The molecule has 4 heteroatoms. The van der Waals surface area contributed by atoms with Crippen LogP contribution in [-0.4, -0.2) is 8.63 Å². The zero-order chi connectivity index (χ0) is 7.84. The van der Waals surface area contributed by atoms with Crippen LogP contribution >= 0.6 is 12.6 Å². The molecule has 59 valence electrons. The Kier molecular flexibility index (Phi) is 1.66. The van der Waals surface area contributed by atoms with Crippen LogP contribution in [0.1, 0.15) is 0 Å². The fraction of sp³-hybridized carbons (Fsp3) is 0. The number of hydrogen-bond acceptors (Lipinski definition) is 2. The van der Waals surface area contributed by atoms with E-state index in [0.717, 1.165) is 11.0 Å². The van der Waals surface area contributed by atoms with E-state index in [-0.39, 0.29) is 0 Å².